The second-order valence-corrected chi connectivity index (χ2v) is 6.03. The van der Waals surface area contributed by atoms with Gasteiger partial charge in [-0.1, -0.05) is 36.4 Å². The maximum atomic E-state index is 5.26. The average Bonchev–Trinajstić information content (AvgIpc) is 2.60. The highest BCUT2D eigenvalue weighted by atomic mass is 16.5. The number of hydrogen-bond acceptors (Lipinski definition) is 2. The zero-order chi connectivity index (χ0) is 16.8. The van der Waals surface area contributed by atoms with E-state index in [-0.39, 0.29) is 0 Å². The average molecular weight is 323 g/mol. The SMILES string of the molecule is CCNC(=NCc1cccc(OC)c1)NCC1Cc2ccccc21. The molecule has 0 aromatic heterocycles. The monoisotopic (exact) mass is 323 g/mol. The van der Waals surface area contributed by atoms with Gasteiger partial charge < -0.3 is 15.4 Å². The van der Waals surface area contributed by atoms with Crippen LogP contribution in [-0.4, -0.2) is 26.2 Å². The van der Waals surface area contributed by atoms with Crippen molar-refractivity contribution in [2.75, 3.05) is 20.2 Å². The van der Waals surface area contributed by atoms with Gasteiger partial charge in [0.25, 0.3) is 0 Å². The lowest BCUT2D eigenvalue weighted by atomic mass is 9.78. The second kappa shape index (κ2) is 7.86. The summed E-state index contributed by atoms with van der Waals surface area (Å²) in [6.45, 7) is 4.49. The van der Waals surface area contributed by atoms with Gasteiger partial charge in [0.15, 0.2) is 5.96 Å². The van der Waals surface area contributed by atoms with Crippen molar-refractivity contribution in [2.45, 2.75) is 25.8 Å². The molecule has 0 bridgehead atoms. The van der Waals surface area contributed by atoms with Crippen molar-refractivity contribution >= 4 is 5.96 Å². The molecule has 0 saturated carbocycles. The van der Waals surface area contributed by atoms with Crippen molar-refractivity contribution in [2.24, 2.45) is 4.99 Å². The Morgan fingerprint density at radius 3 is 2.83 bits per heavy atom. The van der Waals surface area contributed by atoms with Gasteiger partial charge in [0.05, 0.1) is 13.7 Å². The summed E-state index contributed by atoms with van der Waals surface area (Å²) in [7, 11) is 1.68. The van der Waals surface area contributed by atoms with Crippen LogP contribution in [-0.2, 0) is 13.0 Å². The molecular weight excluding hydrogens is 298 g/mol. The Labute approximate surface area is 144 Å². The van der Waals surface area contributed by atoms with Crippen LogP contribution >= 0.6 is 0 Å². The minimum Gasteiger partial charge on any atom is -0.497 e. The van der Waals surface area contributed by atoms with Gasteiger partial charge in [-0.3, -0.25) is 0 Å². The highest BCUT2D eigenvalue weighted by molar-refractivity contribution is 5.79. The number of guanidine groups is 1. The Bertz CT molecular complexity index is 712. The topological polar surface area (TPSA) is 45.7 Å². The van der Waals surface area contributed by atoms with Crippen LogP contribution in [0.2, 0.25) is 0 Å². The maximum Gasteiger partial charge on any atom is 0.191 e. The molecule has 0 aliphatic heterocycles. The summed E-state index contributed by atoms with van der Waals surface area (Å²) in [6, 6.07) is 16.7. The largest absolute Gasteiger partial charge is 0.497 e. The standard InChI is InChI=1S/C20H25N3O/c1-3-21-20(22-13-15-7-6-9-18(11-15)24-2)23-14-17-12-16-8-4-5-10-19(16)17/h4-11,17H,3,12-14H2,1-2H3,(H2,21,22,23). The third-order valence-electron chi connectivity index (χ3n) is 4.38. The van der Waals surface area contributed by atoms with Crippen molar-refractivity contribution in [3.05, 3.63) is 65.2 Å². The molecule has 0 radical (unpaired) electrons. The summed E-state index contributed by atoms with van der Waals surface area (Å²) < 4.78 is 5.26. The summed E-state index contributed by atoms with van der Waals surface area (Å²) >= 11 is 0. The van der Waals surface area contributed by atoms with Gasteiger partial charge >= 0.3 is 0 Å². The van der Waals surface area contributed by atoms with Gasteiger partial charge in [0.1, 0.15) is 5.75 Å². The molecule has 24 heavy (non-hydrogen) atoms. The third-order valence-corrected chi connectivity index (χ3v) is 4.38. The first-order valence-corrected chi connectivity index (χ1v) is 8.53. The minimum absolute atomic E-state index is 0.585. The molecule has 0 fully saturated rings. The molecule has 0 saturated heterocycles. The van der Waals surface area contributed by atoms with Crippen molar-refractivity contribution in [3.8, 4) is 5.75 Å². The molecule has 4 nitrogen and oxygen atoms in total. The summed E-state index contributed by atoms with van der Waals surface area (Å²) in [5, 5.41) is 6.79. The van der Waals surface area contributed by atoms with Gasteiger partial charge in [-0.25, -0.2) is 4.99 Å². The predicted molar refractivity (Wildman–Crippen MR) is 98.7 cm³/mol. The van der Waals surface area contributed by atoms with Crippen molar-refractivity contribution < 1.29 is 4.74 Å². The summed E-state index contributed by atoms with van der Waals surface area (Å²) in [5.41, 5.74) is 4.08. The number of methoxy groups -OCH3 is 1. The maximum absolute atomic E-state index is 5.26. The van der Waals surface area contributed by atoms with E-state index in [1.165, 1.54) is 11.1 Å². The van der Waals surface area contributed by atoms with Crippen LogP contribution in [0.5, 0.6) is 5.75 Å². The number of fused-ring (bicyclic) bond motifs is 1. The van der Waals surface area contributed by atoms with E-state index in [0.717, 1.165) is 36.8 Å². The number of ether oxygens (including phenoxy) is 1. The highest BCUT2D eigenvalue weighted by Gasteiger charge is 2.25. The fourth-order valence-electron chi connectivity index (χ4n) is 3.05. The van der Waals surface area contributed by atoms with Crippen LogP contribution in [0.25, 0.3) is 0 Å². The highest BCUT2D eigenvalue weighted by Crippen LogP contribution is 2.33. The summed E-state index contributed by atoms with van der Waals surface area (Å²) in [6.07, 6.45) is 1.15. The molecular formula is C20H25N3O. The minimum atomic E-state index is 0.585. The Hall–Kier alpha value is -2.49. The molecule has 2 aromatic rings. The predicted octanol–water partition coefficient (Wildman–Crippen LogP) is 3.09. The molecule has 1 unspecified atom stereocenters. The number of rotatable bonds is 6. The molecule has 0 heterocycles. The fraction of sp³-hybridized carbons (Fsp3) is 0.350. The van der Waals surface area contributed by atoms with E-state index in [2.05, 4.69) is 52.9 Å². The zero-order valence-corrected chi connectivity index (χ0v) is 14.4. The number of benzene rings is 2. The third kappa shape index (κ3) is 3.88. The van der Waals surface area contributed by atoms with Crippen LogP contribution < -0.4 is 15.4 Å². The van der Waals surface area contributed by atoms with Crippen LogP contribution in [0, 0.1) is 0 Å². The zero-order valence-electron chi connectivity index (χ0n) is 14.4. The van der Waals surface area contributed by atoms with Gasteiger partial charge in [0.2, 0.25) is 0 Å². The lowest BCUT2D eigenvalue weighted by Crippen LogP contribution is -2.41. The fourth-order valence-corrected chi connectivity index (χ4v) is 3.05. The van der Waals surface area contributed by atoms with E-state index in [1.54, 1.807) is 7.11 Å². The summed E-state index contributed by atoms with van der Waals surface area (Å²) in [5.74, 6) is 2.32. The molecule has 126 valence electrons. The van der Waals surface area contributed by atoms with Gasteiger partial charge in [-0.05, 0) is 42.2 Å². The first-order valence-electron chi connectivity index (χ1n) is 8.53. The molecule has 1 aliphatic carbocycles. The van der Waals surface area contributed by atoms with Crippen LogP contribution in [0.4, 0.5) is 0 Å². The van der Waals surface area contributed by atoms with E-state index < -0.39 is 0 Å². The normalized spacial score (nSPS) is 16.1. The molecule has 3 rings (SSSR count). The Balaban J connectivity index is 1.58. The molecule has 4 heteroatoms. The number of nitrogens with one attached hydrogen (secondary N) is 2. The Morgan fingerprint density at radius 1 is 1.17 bits per heavy atom. The van der Waals surface area contributed by atoms with Crippen molar-refractivity contribution in [3.63, 3.8) is 0 Å². The van der Waals surface area contributed by atoms with Crippen LogP contribution in [0.1, 0.15) is 29.5 Å². The van der Waals surface area contributed by atoms with Crippen LogP contribution in [0.3, 0.4) is 0 Å². The second-order valence-electron chi connectivity index (χ2n) is 6.03. The molecule has 2 aromatic carbocycles. The molecule has 2 N–H and O–H groups in total. The number of aliphatic imine (C=N–C) groups is 1. The number of nitrogens with zero attached hydrogens (tertiary/aromatic N) is 1. The summed E-state index contributed by atoms with van der Waals surface area (Å²) in [4.78, 5) is 4.68. The van der Waals surface area contributed by atoms with Gasteiger partial charge in [-0.15, -0.1) is 0 Å². The Morgan fingerprint density at radius 2 is 2.04 bits per heavy atom. The molecule has 1 atom stereocenters. The molecule has 1 aliphatic rings. The lowest BCUT2D eigenvalue weighted by molar-refractivity contribution is 0.414. The van der Waals surface area contributed by atoms with E-state index in [0.29, 0.717) is 12.5 Å². The van der Waals surface area contributed by atoms with E-state index >= 15 is 0 Å². The van der Waals surface area contributed by atoms with E-state index in [9.17, 15) is 0 Å². The van der Waals surface area contributed by atoms with Gasteiger partial charge in [-0.2, -0.15) is 0 Å². The first-order chi connectivity index (χ1) is 11.8. The van der Waals surface area contributed by atoms with Crippen LogP contribution in [0.15, 0.2) is 53.5 Å². The smallest absolute Gasteiger partial charge is 0.191 e. The molecule has 0 amide bonds. The van der Waals surface area contributed by atoms with E-state index in [1.807, 2.05) is 18.2 Å². The lowest BCUT2D eigenvalue weighted by Gasteiger charge is -2.30. The van der Waals surface area contributed by atoms with Crippen molar-refractivity contribution in [1.29, 1.82) is 0 Å². The van der Waals surface area contributed by atoms with E-state index in [4.69, 9.17) is 4.74 Å². The number of hydrogen-bond donors (Lipinski definition) is 2. The Kier molecular flexibility index (Phi) is 5.36. The molecule has 0 spiro atoms. The van der Waals surface area contributed by atoms with Gasteiger partial charge in [0, 0.05) is 19.0 Å². The first kappa shape index (κ1) is 16.4. The quantitative estimate of drug-likeness (QED) is 0.634. The van der Waals surface area contributed by atoms with Crippen molar-refractivity contribution in [1.82, 2.24) is 10.6 Å².